The monoisotopic (exact) mass is 380 g/mol. The van der Waals surface area contributed by atoms with Gasteiger partial charge >= 0.3 is 0 Å². The third-order valence-corrected chi connectivity index (χ3v) is 4.62. The number of nitrogens with one attached hydrogen (secondary N) is 1. The van der Waals surface area contributed by atoms with Crippen molar-refractivity contribution in [2.45, 2.75) is 19.0 Å². The van der Waals surface area contributed by atoms with Crippen LogP contribution in [0.2, 0.25) is 0 Å². The van der Waals surface area contributed by atoms with Gasteiger partial charge in [-0.05, 0) is 42.8 Å². The molecule has 6 heteroatoms. The summed E-state index contributed by atoms with van der Waals surface area (Å²) in [5.74, 6) is 0.647. The lowest BCUT2D eigenvalue weighted by molar-refractivity contribution is 0.0930. The highest BCUT2D eigenvalue weighted by Gasteiger charge is 2.24. The maximum Gasteiger partial charge on any atom is 0.125 e. The Hall–Kier alpha value is -1.82. The quantitative estimate of drug-likeness (QED) is 0.826. The highest BCUT2D eigenvalue weighted by atomic mass is 35.5. The van der Waals surface area contributed by atoms with Crippen molar-refractivity contribution in [1.29, 1.82) is 0 Å². The smallest absolute Gasteiger partial charge is 0.125 e. The molecule has 1 N–H and O–H groups in total. The lowest BCUT2D eigenvalue weighted by Gasteiger charge is -2.38. The molecule has 1 aliphatic heterocycles. The van der Waals surface area contributed by atoms with E-state index in [1.807, 2.05) is 24.3 Å². The number of benzene rings is 2. The number of hydrogen-bond acceptors (Lipinski definition) is 4. The van der Waals surface area contributed by atoms with E-state index in [0.717, 1.165) is 24.5 Å². The summed E-state index contributed by atoms with van der Waals surface area (Å²) in [6, 6.07) is 15.2. The first-order valence-electron chi connectivity index (χ1n) is 8.64. The highest BCUT2D eigenvalue weighted by molar-refractivity contribution is 5.85. The van der Waals surface area contributed by atoms with Crippen molar-refractivity contribution >= 4 is 18.1 Å². The molecule has 4 nitrogen and oxygen atoms in total. The normalized spacial score (nSPS) is 18.1. The fourth-order valence-electron chi connectivity index (χ4n) is 3.16. The SMILES string of the molecule is COc1cccc(C(C)NCC2COCCN2c2cccc(F)c2)c1.Cl. The molecule has 0 saturated carbocycles. The van der Waals surface area contributed by atoms with Gasteiger partial charge in [0.15, 0.2) is 0 Å². The molecule has 0 aromatic heterocycles. The number of ether oxygens (including phenoxy) is 2. The minimum absolute atomic E-state index is 0. The summed E-state index contributed by atoms with van der Waals surface area (Å²) in [6.07, 6.45) is 0. The van der Waals surface area contributed by atoms with Crippen LogP contribution >= 0.6 is 12.4 Å². The van der Waals surface area contributed by atoms with Gasteiger partial charge in [0.1, 0.15) is 11.6 Å². The molecular formula is C20H26ClFN2O2. The molecule has 1 saturated heterocycles. The molecule has 1 aliphatic rings. The zero-order chi connectivity index (χ0) is 17.6. The van der Waals surface area contributed by atoms with Gasteiger partial charge in [0, 0.05) is 24.8 Å². The molecule has 0 spiro atoms. The molecule has 1 heterocycles. The summed E-state index contributed by atoms with van der Waals surface area (Å²) in [4.78, 5) is 2.22. The van der Waals surface area contributed by atoms with E-state index in [4.69, 9.17) is 9.47 Å². The Kier molecular flexibility index (Phi) is 7.69. The predicted molar refractivity (Wildman–Crippen MR) is 105 cm³/mol. The van der Waals surface area contributed by atoms with Crippen LogP contribution in [0.3, 0.4) is 0 Å². The molecule has 1 fully saturated rings. The maximum atomic E-state index is 13.6. The van der Waals surface area contributed by atoms with Crippen molar-refractivity contribution in [3.63, 3.8) is 0 Å². The second kappa shape index (κ2) is 9.76. The average Bonchev–Trinajstić information content (AvgIpc) is 2.66. The van der Waals surface area contributed by atoms with Crippen LogP contribution in [0, 0.1) is 5.82 Å². The molecule has 0 radical (unpaired) electrons. The van der Waals surface area contributed by atoms with Crippen LogP contribution in [0.25, 0.3) is 0 Å². The van der Waals surface area contributed by atoms with Crippen LogP contribution in [0.4, 0.5) is 10.1 Å². The summed E-state index contributed by atoms with van der Waals surface area (Å²) in [7, 11) is 1.67. The maximum absolute atomic E-state index is 13.6. The molecule has 0 bridgehead atoms. The van der Waals surface area contributed by atoms with Crippen molar-refractivity contribution in [2.24, 2.45) is 0 Å². The number of methoxy groups -OCH3 is 1. The van der Waals surface area contributed by atoms with Gasteiger partial charge in [0.05, 0.1) is 26.4 Å². The molecular weight excluding hydrogens is 355 g/mol. The number of nitrogens with zero attached hydrogens (tertiary/aromatic N) is 1. The highest BCUT2D eigenvalue weighted by Crippen LogP contribution is 2.22. The van der Waals surface area contributed by atoms with Gasteiger partial charge in [0.2, 0.25) is 0 Å². The fourth-order valence-corrected chi connectivity index (χ4v) is 3.16. The Labute approximate surface area is 160 Å². The predicted octanol–water partition coefficient (Wildman–Crippen LogP) is 3.81. The minimum Gasteiger partial charge on any atom is -0.497 e. The van der Waals surface area contributed by atoms with Gasteiger partial charge in [-0.25, -0.2) is 4.39 Å². The van der Waals surface area contributed by atoms with Gasteiger partial charge < -0.3 is 19.7 Å². The Balaban J connectivity index is 0.00000243. The van der Waals surface area contributed by atoms with Crippen LogP contribution in [0.5, 0.6) is 5.75 Å². The molecule has 0 amide bonds. The zero-order valence-electron chi connectivity index (χ0n) is 15.2. The molecule has 26 heavy (non-hydrogen) atoms. The van der Waals surface area contributed by atoms with E-state index in [1.54, 1.807) is 19.2 Å². The molecule has 142 valence electrons. The first-order chi connectivity index (χ1) is 12.2. The molecule has 0 aliphatic carbocycles. The van der Waals surface area contributed by atoms with E-state index in [2.05, 4.69) is 23.2 Å². The molecule has 2 aromatic rings. The molecule has 3 rings (SSSR count). The van der Waals surface area contributed by atoms with Gasteiger partial charge in [0.25, 0.3) is 0 Å². The van der Waals surface area contributed by atoms with Crippen LogP contribution in [-0.4, -0.2) is 39.5 Å². The summed E-state index contributed by atoms with van der Waals surface area (Å²) < 4.78 is 24.5. The first-order valence-corrected chi connectivity index (χ1v) is 8.64. The molecule has 2 aromatic carbocycles. The zero-order valence-corrected chi connectivity index (χ0v) is 16.0. The largest absolute Gasteiger partial charge is 0.497 e. The van der Waals surface area contributed by atoms with Gasteiger partial charge in [-0.15, -0.1) is 12.4 Å². The Morgan fingerprint density at radius 1 is 1.27 bits per heavy atom. The third kappa shape index (κ3) is 5.10. The Morgan fingerprint density at radius 2 is 2.08 bits per heavy atom. The Morgan fingerprint density at radius 3 is 2.85 bits per heavy atom. The van der Waals surface area contributed by atoms with Crippen molar-refractivity contribution in [3.05, 3.63) is 59.9 Å². The van der Waals surface area contributed by atoms with E-state index >= 15 is 0 Å². The van der Waals surface area contributed by atoms with Crippen LogP contribution < -0.4 is 15.0 Å². The van der Waals surface area contributed by atoms with Gasteiger partial charge in [-0.1, -0.05) is 18.2 Å². The van der Waals surface area contributed by atoms with Crippen molar-refractivity contribution < 1.29 is 13.9 Å². The number of anilines is 1. The minimum atomic E-state index is -0.208. The van der Waals surface area contributed by atoms with Gasteiger partial charge in [-0.3, -0.25) is 0 Å². The van der Waals surface area contributed by atoms with Crippen molar-refractivity contribution in [1.82, 2.24) is 5.32 Å². The molecule has 2 unspecified atom stereocenters. The number of rotatable bonds is 6. The van der Waals surface area contributed by atoms with Gasteiger partial charge in [-0.2, -0.15) is 0 Å². The van der Waals surface area contributed by atoms with Crippen LogP contribution in [0.15, 0.2) is 48.5 Å². The van der Waals surface area contributed by atoms with Crippen LogP contribution in [0.1, 0.15) is 18.5 Å². The van der Waals surface area contributed by atoms with Crippen molar-refractivity contribution in [2.75, 3.05) is 38.3 Å². The summed E-state index contributed by atoms with van der Waals surface area (Å²) in [6.45, 7) is 4.95. The van der Waals surface area contributed by atoms with Crippen molar-refractivity contribution in [3.8, 4) is 5.75 Å². The van der Waals surface area contributed by atoms with E-state index in [-0.39, 0.29) is 30.3 Å². The summed E-state index contributed by atoms with van der Waals surface area (Å²) >= 11 is 0. The Bertz CT molecular complexity index is 701. The molecule has 2 atom stereocenters. The number of hydrogen-bond donors (Lipinski definition) is 1. The van der Waals surface area contributed by atoms with E-state index in [9.17, 15) is 4.39 Å². The summed E-state index contributed by atoms with van der Waals surface area (Å²) in [5, 5.41) is 3.56. The second-order valence-electron chi connectivity index (χ2n) is 6.31. The lowest BCUT2D eigenvalue weighted by Crippen LogP contribution is -2.50. The average molecular weight is 381 g/mol. The van der Waals surface area contributed by atoms with E-state index in [1.165, 1.54) is 11.6 Å². The second-order valence-corrected chi connectivity index (χ2v) is 6.31. The first kappa shape index (κ1) is 20.5. The fraction of sp³-hybridized carbons (Fsp3) is 0.400. The third-order valence-electron chi connectivity index (χ3n) is 4.62. The van der Waals surface area contributed by atoms with E-state index in [0.29, 0.717) is 13.2 Å². The number of halogens is 2. The lowest BCUT2D eigenvalue weighted by atomic mass is 10.1. The standard InChI is InChI=1S/C20H25FN2O2.ClH/c1-15(16-5-3-8-20(11-16)24-2)22-13-19-14-25-10-9-23(19)18-7-4-6-17(21)12-18;/h3-8,11-12,15,19,22H,9-10,13-14H2,1-2H3;1H. The van der Waals surface area contributed by atoms with E-state index < -0.39 is 0 Å². The number of morpholine rings is 1. The summed E-state index contributed by atoms with van der Waals surface area (Å²) in [5.41, 5.74) is 2.08. The van der Waals surface area contributed by atoms with Crippen LogP contribution in [-0.2, 0) is 4.74 Å². The topological polar surface area (TPSA) is 33.7 Å².